The lowest BCUT2D eigenvalue weighted by molar-refractivity contribution is -0.392. The number of amides is 14. The van der Waals surface area contributed by atoms with Crippen LogP contribution in [-0.2, 0) is 150 Å². The zero-order valence-corrected chi connectivity index (χ0v) is 67.4. The summed E-state index contributed by atoms with van der Waals surface area (Å²) in [5.41, 5.74) is 4.63. The molecule has 1 aromatic heterocycles. The van der Waals surface area contributed by atoms with Crippen LogP contribution >= 0.6 is 0 Å². The number of carbonyl (C=O) groups excluding carboxylic acids is 15. The monoisotopic (exact) mass is 1900 g/mol. The van der Waals surface area contributed by atoms with Gasteiger partial charge in [-0.25, -0.2) is 15.0 Å². The number of aldehydes is 1. The molecule has 0 fully saturated rings. The average molecular weight is 1900 g/mol. The van der Waals surface area contributed by atoms with Gasteiger partial charge in [-0.15, -0.1) is 0 Å². The second-order valence-corrected chi connectivity index (χ2v) is 27.2. The Kier molecular flexibility index (Phi) is 46.7. The minimum Gasteiger partial charge on any atom is -0.481 e. The highest BCUT2D eigenvalue weighted by Crippen LogP contribution is 2.15. The lowest BCUT2D eigenvalue weighted by atomic mass is 10.1. The summed E-state index contributed by atoms with van der Waals surface area (Å²) in [6.07, 6.45) is -22.7. The number of carbonyl (C=O) groups is 30. The fourth-order valence-electron chi connectivity index (χ4n) is 10.8. The molecule has 0 saturated heterocycles. The average Bonchev–Trinajstić information content (AvgIpc) is 1.83. The molecular weight excluding hydrogens is 1810 g/mol. The van der Waals surface area contributed by atoms with Gasteiger partial charge in [-0.05, 0) is 4.92 Å². The topological polar surface area (TPSA) is 1070 Å². The molecule has 31 N–H and O–H groups in total. The molecule has 66 heteroatoms. The van der Waals surface area contributed by atoms with Gasteiger partial charge in [-0.1, -0.05) is 0 Å². The van der Waals surface area contributed by atoms with E-state index in [-0.39, 0.29) is 25.2 Å². The summed E-state index contributed by atoms with van der Waals surface area (Å²) in [6, 6.07) is -38.0. The number of nitrogens with one attached hydrogen (secondary N) is 16. The van der Waals surface area contributed by atoms with E-state index in [0.29, 0.717) is 0 Å². The number of carboxylic acid groups (broad SMARTS) is 15. The number of aromatic nitrogens is 2. The molecule has 0 aliphatic heterocycles. The molecule has 0 aromatic carbocycles. The molecule has 0 radical (unpaired) electrons. The van der Waals surface area contributed by atoms with Crippen LogP contribution in [0.15, 0.2) is 6.20 Å². The number of carboxylic acids is 15. The Morgan fingerprint density at radius 3 is 0.583 bits per heavy atom. The van der Waals surface area contributed by atoms with Crippen LogP contribution in [0.4, 0.5) is 5.82 Å². The number of hydrogen-bond acceptors (Lipinski definition) is 35. The summed E-state index contributed by atoms with van der Waals surface area (Å²) in [5, 5.41) is 179. The van der Waals surface area contributed by atoms with Gasteiger partial charge in [-0.2, -0.15) is 0 Å². The Bertz CT molecular complexity index is 4610. The first-order valence-electron chi connectivity index (χ1n) is 36.9. The van der Waals surface area contributed by atoms with Gasteiger partial charge in [-0.3, -0.25) is 144 Å². The van der Waals surface area contributed by atoms with Crippen molar-refractivity contribution in [3.05, 3.63) is 22.1 Å². The molecule has 14 amide bonds. The molecule has 0 aliphatic carbocycles. The highest BCUT2D eigenvalue weighted by Gasteiger charge is 2.42. The van der Waals surface area contributed by atoms with Gasteiger partial charge in [0.25, 0.3) is 0 Å². The molecule has 15 atom stereocenters. The van der Waals surface area contributed by atoms with Crippen molar-refractivity contribution in [1.29, 1.82) is 0 Å². The first kappa shape index (κ1) is 113. The predicted molar refractivity (Wildman–Crippen MR) is 405 cm³/mol. The number of hydrogen-bond donors (Lipinski definition) is 31. The van der Waals surface area contributed by atoms with E-state index in [1.54, 1.807) is 69.1 Å². The van der Waals surface area contributed by atoms with Crippen LogP contribution in [0.5, 0.6) is 0 Å². The smallest absolute Gasteiger partial charge is 0.342 e. The third-order valence-corrected chi connectivity index (χ3v) is 16.7. The number of nitro groups is 1. The lowest BCUT2D eigenvalue weighted by Crippen LogP contribution is -2.62. The Morgan fingerprint density at radius 2 is 0.432 bits per heavy atom. The van der Waals surface area contributed by atoms with Crippen LogP contribution in [0, 0.1) is 17.0 Å². The number of nitrogens with zero attached hydrogens (tertiary/aromatic N) is 3. The van der Waals surface area contributed by atoms with Gasteiger partial charge >= 0.3 is 95.4 Å². The summed E-state index contributed by atoms with van der Waals surface area (Å²) < 4.78 is 1.08. The lowest BCUT2D eigenvalue weighted by Gasteiger charge is -2.27. The number of rotatable bonds is 65. The van der Waals surface area contributed by atoms with Crippen LogP contribution in [-0.4, -0.2) is 367 Å². The van der Waals surface area contributed by atoms with E-state index < -0.39 is 370 Å². The standard InChI is InChI=1S/C66H85N19O47/c1-21-67-19-37(85(131)132)84(21)3-2-68-83-36(18-52(115)116)66(130)82-35(17-51(113)114)65(129)81-34(16-50(111)112)64(128)80-33(15-49(109)110)63(127)79-32(14-48(107)108)62(126)78-31(13-47(105)106)61(125)77-30(12-46(103)104)60(124)76-29(11-45(101)102)59(123)75-28(10-44(99)100)58(122)74-27(9-43(97)98)57(121)73-26(8-42(95)96)56(120)72-25(7-41(93)94)55(119)71-24(6-40(91)92)54(118)70-23(5-39(89)90)53(117)69-22(20-86)4-38(87)88/h19-20,22-36,68,83H,2-18H2,1H3,(H,69,117)(H,70,118)(H,71,119)(H,72,120)(H,73,121)(H,74,122)(H,75,123)(H,76,124)(H,77,125)(H,78,126)(H,79,127)(H,80,128)(H,81,129)(H,82,130)(H,87,88)(H,89,90)(H,91,92)(H,93,94)(H,95,96)(H,97,98)(H,99,100)(H,101,102)(H,103,104)(H,105,106)(H,107,108)(H,109,110)(H,111,112)(H,113,114)(H,115,116)/t22-,23-,24-,25-,26-,27-,28-,29-,30-,31-,32-,33-,34-,35-,36-/m0/s1. The normalized spacial score (nSPS) is 14.1. The minimum absolute atomic E-state index is 0.123. The molecule has 0 aliphatic rings. The van der Waals surface area contributed by atoms with E-state index in [1.807, 2.05) is 5.32 Å². The summed E-state index contributed by atoms with van der Waals surface area (Å²) in [4.78, 5) is 396. The van der Waals surface area contributed by atoms with E-state index in [0.717, 1.165) is 10.8 Å². The summed E-state index contributed by atoms with van der Waals surface area (Å²) >= 11 is 0. The summed E-state index contributed by atoms with van der Waals surface area (Å²) in [6.45, 7) is 0.809. The van der Waals surface area contributed by atoms with Crippen molar-refractivity contribution in [2.24, 2.45) is 0 Å². The first-order chi connectivity index (χ1) is 61.2. The maximum atomic E-state index is 13.9. The number of imidazole rings is 1. The molecule has 0 saturated carbocycles. The van der Waals surface area contributed by atoms with Gasteiger partial charge in [0.15, 0.2) is 5.82 Å². The van der Waals surface area contributed by atoms with Gasteiger partial charge in [0.2, 0.25) is 82.7 Å². The van der Waals surface area contributed by atoms with E-state index in [1.165, 1.54) is 6.92 Å². The molecule has 726 valence electrons. The van der Waals surface area contributed by atoms with E-state index >= 15 is 0 Å². The molecule has 66 nitrogen and oxygen atoms in total. The van der Waals surface area contributed by atoms with Crippen molar-refractivity contribution in [3.8, 4) is 0 Å². The maximum Gasteiger partial charge on any atom is 0.342 e. The van der Waals surface area contributed by atoms with Crippen molar-refractivity contribution in [1.82, 2.24) is 94.8 Å². The van der Waals surface area contributed by atoms with Crippen LogP contribution in [0.3, 0.4) is 0 Å². The van der Waals surface area contributed by atoms with Crippen LogP contribution in [0.25, 0.3) is 0 Å². The Morgan fingerprint density at radius 1 is 0.280 bits per heavy atom. The molecule has 0 spiro atoms. The number of aliphatic carboxylic acids is 15. The number of aryl methyl sites for hydroxylation is 1. The van der Waals surface area contributed by atoms with Crippen LogP contribution < -0.4 is 85.3 Å². The van der Waals surface area contributed by atoms with Crippen molar-refractivity contribution in [2.45, 2.75) is 200 Å². The largest absolute Gasteiger partial charge is 0.481 e. The molecule has 1 aromatic rings. The van der Waals surface area contributed by atoms with Crippen molar-refractivity contribution in [2.75, 3.05) is 6.54 Å². The number of hydrazine groups is 1. The van der Waals surface area contributed by atoms with Gasteiger partial charge in [0.1, 0.15) is 104 Å². The van der Waals surface area contributed by atoms with E-state index in [4.69, 9.17) is 5.11 Å². The molecule has 132 heavy (non-hydrogen) atoms. The zero-order chi connectivity index (χ0) is 101. The zero-order valence-electron chi connectivity index (χ0n) is 67.4. The fraction of sp³-hybridized carbons (Fsp3) is 0.500. The van der Waals surface area contributed by atoms with Crippen molar-refractivity contribution in [3.63, 3.8) is 0 Å². The molecule has 1 rings (SSSR count). The minimum atomic E-state index is -2.76. The van der Waals surface area contributed by atoms with Gasteiger partial charge in [0.05, 0.1) is 102 Å². The quantitative estimate of drug-likeness (QED) is 0.0125. The highest BCUT2D eigenvalue weighted by atomic mass is 16.6. The third kappa shape index (κ3) is 43.2. The van der Waals surface area contributed by atoms with Crippen molar-refractivity contribution >= 4 is 184 Å². The molecule has 0 unspecified atom stereocenters. The summed E-state index contributed by atoms with van der Waals surface area (Å²) in [7, 11) is 0. The predicted octanol–water partition coefficient (Wildman–Crippen LogP) is -15.3. The van der Waals surface area contributed by atoms with Crippen LogP contribution in [0.1, 0.15) is 102 Å². The van der Waals surface area contributed by atoms with E-state index in [2.05, 4.69) is 15.8 Å². The maximum absolute atomic E-state index is 13.9. The second kappa shape index (κ2) is 54.7. The Labute approximate surface area is 731 Å². The fourth-order valence-corrected chi connectivity index (χ4v) is 10.8. The Hall–Kier alpha value is -17.2. The van der Waals surface area contributed by atoms with Crippen molar-refractivity contribution < 1.29 is 225 Å². The Balaban J connectivity index is 3.70. The van der Waals surface area contributed by atoms with Crippen LogP contribution in [0.2, 0.25) is 0 Å². The summed E-state index contributed by atoms with van der Waals surface area (Å²) in [5.74, 6) is -56.9. The van der Waals surface area contributed by atoms with E-state index in [9.17, 15) is 225 Å². The third-order valence-electron chi connectivity index (χ3n) is 16.7. The molecule has 0 bridgehead atoms. The first-order valence-corrected chi connectivity index (χ1v) is 36.9. The highest BCUT2D eigenvalue weighted by molar-refractivity contribution is 6.05. The second-order valence-electron chi connectivity index (χ2n) is 27.2. The SMILES string of the molecule is Cc1ncc([N+](=O)[O-])n1CCNN[C@@H](CC(=O)O)C(=O)N[C@@H](CC(=O)O)C(=O)N[C@@H](CC(=O)O)C(=O)N[C@@H](CC(=O)O)C(=O)N[C@@H](CC(=O)O)C(=O)N[C@@H](CC(=O)O)C(=O)N[C@@H](CC(=O)O)C(=O)N[C@@H](CC(=O)O)C(=O)N[C@@H](CC(=O)O)C(=O)N[C@@H](CC(=O)O)C(=O)N[C@@H](CC(=O)O)C(=O)N[C@@H](CC(=O)O)C(=O)N[C@@H](CC(=O)O)C(=O)N[C@@H](CC(=O)O)C(=O)N[C@H](C=O)CC(=O)O. The van der Waals surface area contributed by atoms with Gasteiger partial charge < -0.3 is 166 Å². The van der Waals surface area contributed by atoms with Gasteiger partial charge in [0, 0.05) is 13.5 Å². The molecular formula is C66H85N19O47. The molecule has 1 heterocycles.